The smallest absolute Gasteiger partial charge is 0.263 e. The molecule has 2 aromatic rings. The van der Waals surface area contributed by atoms with E-state index in [1.54, 1.807) is 19.1 Å². The Labute approximate surface area is 155 Å². The Balaban J connectivity index is 1.68. The Bertz CT molecular complexity index is 772. The van der Waals surface area contributed by atoms with Crippen LogP contribution in [0.25, 0.3) is 0 Å². The zero-order chi connectivity index (χ0) is 18.5. The molecule has 0 N–H and O–H groups in total. The monoisotopic (exact) mass is 353 g/mol. The number of likely N-dealkylation sites (N-methyl/N-ethyl adjacent to an activating group) is 1. The molecule has 0 heterocycles. The minimum atomic E-state index is -0.525. The van der Waals surface area contributed by atoms with Crippen molar-refractivity contribution in [3.8, 4) is 11.5 Å². The highest BCUT2D eigenvalue weighted by Crippen LogP contribution is 2.30. The summed E-state index contributed by atoms with van der Waals surface area (Å²) in [6, 6.07) is 13.9. The van der Waals surface area contributed by atoms with E-state index in [2.05, 4.69) is 6.07 Å². The molecule has 0 bridgehead atoms. The van der Waals surface area contributed by atoms with E-state index in [9.17, 15) is 4.79 Å². The van der Waals surface area contributed by atoms with Gasteiger partial charge in [0.1, 0.15) is 11.5 Å². The molecule has 0 saturated carbocycles. The molecule has 1 unspecified atom stereocenters. The topological polar surface area (TPSA) is 38.8 Å². The maximum absolute atomic E-state index is 12.8. The van der Waals surface area contributed by atoms with Crippen molar-refractivity contribution in [2.45, 2.75) is 45.3 Å². The summed E-state index contributed by atoms with van der Waals surface area (Å²) in [5.41, 5.74) is 3.61. The number of carbonyl (C=O) groups is 1. The zero-order valence-corrected chi connectivity index (χ0v) is 15.8. The number of benzene rings is 2. The van der Waals surface area contributed by atoms with E-state index in [0.29, 0.717) is 6.54 Å². The molecule has 0 spiro atoms. The van der Waals surface area contributed by atoms with Gasteiger partial charge in [0.25, 0.3) is 5.91 Å². The van der Waals surface area contributed by atoms with Gasteiger partial charge >= 0.3 is 0 Å². The first kappa shape index (κ1) is 18.3. The van der Waals surface area contributed by atoms with Crippen LogP contribution < -0.4 is 9.47 Å². The molecule has 0 radical (unpaired) electrons. The van der Waals surface area contributed by atoms with Gasteiger partial charge in [-0.1, -0.05) is 30.3 Å². The number of amides is 1. The molecule has 0 fully saturated rings. The molecule has 138 valence electrons. The second-order valence-corrected chi connectivity index (χ2v) is 6.87. The Kier molecular flexibility index (Phi) is 5.82. The van der Waals surface area contributed by atoms with Crippen LogP contribution in [-0.2, 0) is 24.2 Å². The normalized spacial score (nSPS) is 14.3. The lowest BCUT2D eigenvalue weighted by atomic mass is 9.91. The molecule has 3 rings (SSSR count). The predicted octanol–water partition coefficient (Wildman–Crippen LogP) is 4.00. The first-order chi connectivity index (χ1) is 12.6. The van der Waals surface area contributed by atoms with Gasteiger partial charge in [-0.15, -0.1) is 0 Å². The minimum absolute atomic E-state index is 0.0377. The minimum Gasteiger partial charge on any atom is -0.496 e. The largest absolute Gasteiger partial charge is 0.496 e. The summed E-state index contributed by atoms with van der Waals surface area (Å²) in [7, 11) is 3.44. The molecule has 4 heteroatoms. The number of methoxy groups -OCH3 is 1. The van der Waals surface area contributed by atoms with Crippen molar-refractivity contribution < 1.29 is 14.3 Å². The van der Waals surface area contributed by atoms with Gasteiger partial charge in [0.05, 0.1) is 7.11 Å². The molecule has 1 aliphatic rings. The van der Waals surface area contributed by atoms with Crippen molar-refractivity contribution in [2.24, 2.45) is 0 Å². The van der Waals surface area contributed by atoms with Crippen LogP contribution in [0.2, 0.25) is 0 Å². The summed E-state index contributed by atoms with van der Waals surface area (Å²) < 4.78 is 11.4. The van der Waals surface area contributed by atoms with Crippen molar-refractivity contribution in [1.82, 2.24) is 4.90 Å². The predicted molar refractivity (Wildman–Crippen MR) is 103 cm³/mol. The van der Waals surface area contributed by atoms with Gasteiger partial charge in [-0.2, -0.15) is 0 Å². The highest BCUT2D eigenvalue weighted by molar-refractivity contribution is 5.80. The van der Waals surface area contributed by atoms with Crippen LogP contribution in [0.3, 0.4) is 0 Å². The summed E-state index contributed by atoms with van der Waals surface area (Å²) in [4.78, 5) is 14.5. The van der Waals surface area contributed by atoms with E-state index in [1.165, 1.54) is 24.0 Å². The van der Waals surface area contributed by atoms with E-state index in [-0.39, 0.29) is 5.91 Å². The lowest BCUT2D eigenvalue weighted by molar-refractivity contribution is -0.137. The number of para-hydroxylation sites is 1. The lowest BCUT2D eigenvalue weighted by Gasteiger charge is -2.25. The van der Waals surface area contributed by atoms with Crippen molar-refractivity contribution >= 4 is 5.91 Å². The molecule has 0 aromatic heterocycles. The molecule has 1 atom stereocenters. The van der Waals surface area contributed by atoms with Crippen LogP contribution in [0, 0.1) is 0 Å². The third-order valence-corrected chi connectivity index (χ3v) is 4.98. The second-order valence-electron chi connectivity index (χ2n) is 6.87. The SMILES string of the molecule is COc1ccccc1CN(C)C(=O)C(C)Oc1cccc2c1CCCC2. The number of hydrogen-bond acceptors (Lipinski definition) is 3. The van der Waals surface area contributed by atoms with E-state index in [4.69, 9.17) is 9.47 Å². The van der Waals surface area contributed by atoms with Gasteiger partial charge in [0.15, 0.2) is 6.10 Å². The van der Waals surface area contributed by atoms with Gasteiger partial charge in [0.2, 0.25) is 0 Å². The second kappa shape index (κ2) is 8.26. The first-order valence-electron chi connectivity index (χ1n) is 9.24. The van der Waals surface area contributed by atoms with E-state index < -0.39 is 6.10 Å². The number of aryl methyl sites for hydroxylation is 1. The number of ether oxygens (including phenoxy) is 2. The number of fused-ring (bicyclic) bond motifs is 1. The van der Waals surface area contributed by atoms with E-state index in [0.717, 1.165) is 29.9 Å². The van der Waals surface area contributed by atoms with Crippen molar-refractivity contribution in [3.05, 3.63) is 59.2 Å². The van der Waals surface area contributed by atoms with Crippen LogP contribution in [0.4, 0.5) is 0 Å². The molecular weight excluding hydrogens is 326 g/mol. The van der Waals surface area contributed by atoms with Gasteiger partial charge in [-0.25, -0.2) is 0 Å². The third-order valence-electron chi connectivity index (χ3n) is 4.98. The summed E-state index contributed by atoms with van der Waals surface area (Å²) in [5, 5.41) is 0. The van der Waals surface area contributed by atoms with Gasteiger partial charge in [0, 0.05) is 19.2 Å². The maximum atomic E-state index is 12.8. The Morgan fingerprint density at radius 3 is 2.62 bits per heavy atom. The average Bonchev–Trinajstić information content (AvgIpc) is 2.68. The summed E-state index contributed by atoms with van der Waals surface area (Å²) in [5.74, 6) is 1.61. The molecule has 26 heavy (non-hydrogen) atoms. The highest BCUT2D eigenvalue weighted by Gasteiger charge is 2.22. The zero-order valence-electron chi connectivity index (χ0n) is 15.8. The number of carbonyl (C=O) groups excluding carboxylic acids is 1. The Hall–Kier alpha value is -2.49. The fourth-order valence-electron chi connectivity index (χ4n) is 3.57. The summed E-state index contributed by atoms with van der Waals surface area (Å²) >= 11 is 0. The standard InChI is InChI=1S/C22H27NO3/c1-16(26-21-14-8-11-17-9-4-6-12-19(17)21)22(24)23(2)15-18-10-5-7-13-20(18)25-3/h5,7-8,10-11,13-14,16H,4,6,9,12,15H2,1-3H3. The summed E-state index contributed by atoms with van der Waals surface area (Å²) in [6.07, 6.45) is 4.02. The lowest BCUT2D eigenvalue weighted by Crippen LogP contribution is -2.37. The van der Waals surface area contributed by atoms with Crippen LogP contribution >= 0.6 is 0 Å². The molecule has 1 amide bonds. The Morgan fingerprint density at radius 1 is 1.08 bits per heavy atom. The van der Waals surface area contributed by atoms with Crippen molar-refractivity contribution in [3.63, 3.8) is 0 Å². The molecular formula is C22H27NO3. The fraction of sp³-hybridized carbons (Fsp3) is 0.409. The van der Waals surface area contributed by atoms with Gasteiger partial charge in [-0.3, -0.25) is 4.79 Å². The van der Waals surface area contributed by atoms with Crippen LogP contribution in [-0.4, -0.2) is 31.1 Å². The number of nitrogens with zero attached hydrogens (tertiary/aromatic N) is 1. The first-order valence-corrected chi connectivity index (χ1v) is 9.24. The van der Waals surface area contributed by atoms with Gasteiger partial charge in [-0.05, 0) is 55.9 Å². The average molecular weight is 353 g/mol. The molecule has 2 aromatic carbocycles. The number of hydrogen-bond donors (Lipinski definition) is 0. The third kappa shape index (κ3) is 4.01. The quantitative estimate of drug-likeness (QED) is 0.788. The van der Waals surface area contributed by atoms with Crippen molar-refractivity contribution in [2.75, 3.05) is 14.2 Å². The molecule has 1 aliphatic carbocycles. The van der Waals surface area contributed by atoms with Crippen LogP contribution in [0.15, 0.2) is 42.5 Å². The summed E-state index contributed by atoms with van der Waals surface area (Å²) in [6.45, 7) is 2.31. The fourth-order valence-corrected chi connectivity index (χ4v) is 3.57. The van der Waals surface area contributed by atoms with Crippen LogP contribution in [0.5, 0.6) is 11.5 Å². The Morgan fingerprint density at radius 2 is 1.81 bits per heavy atom. The highest BCUT2D eigenvalue weighted by atomic mass is 16.5. The van der Waals surface area contributed by atoms with Gasteiger partial charge < -0.3 is 14.4 Å². The molecule has 0 saturated heterocycles. The van der Waals surface area contributed by atoms with E-state index >= 15 is 0 Å². The van der Waals surface area contributed by atoms with Crippen LogP contribution in [0.1, 0.15) is 36.5 Å². The van der Waals surface area contributed by atoms with E-state index in [1.807, 2.05) is 43.3 Å². The number of rotatable bonds is 6. The van der Waals surface area contributed by atoms with Crippen molar-refractivity contribution in [1.29, 1.82) is 0 Å². The molecule has 0 aliphatic heterocycles. The maximum Gasteiger partial charge on any atom is 0.263 e. The molecule has 4 nitrogen and oxygen atoms in total.